The molecule has 0 aromatic heterocycles. The predicted octanol–water partition coefficient (Wildman–Crippen LogP) is 18.0. The monoisotopic (exact) mass is 889 g/mol. The lowest BCUT2D eigenvalue weighted by molar-refractivity contribution is -0.161. The van der Waals surface area contributed by atoms with E-state index in [-0.39, 0.29) is 25.2 Å². The summed E-state index contributed by atoms with van der Waals surface area (Å²) in [5.41, 5.74) is 0. The van der Waals surface area contributed by atoms with Crippen LogP contribution < -0.4 is 0 Å². The second-order valence-electron chi connectivity index (χ2n) is 17.6. The number of allylic oxidation sites excluding steroid dienone is 16. The first kappa shape index (κ1) is 60.8. The van der Waals surface area contributed by atoms with Crippen molar-refractivity contribution in [1.29, 1.82) is 0 Å². The maximum atomic E-state index is 12.3. The molecular formula is C59H100O5. The van der Waals surface area contributed by atoms with Crippen LogP contribution in [0.1, 0.15) is 245 Å². The molecule has 0 fully saturated rings. The van der Waals surface area contributed by atoms with Crippen LogP contribution in [0.2, 0.25) is 0 Å². The Labute approximate surface area is 396 Å². The first-order chi connectivity index (χ1) is 31.6. The molecule has 5 nitrogen and oxygen atoms in total. The van der Waals surface area contributed by atoms with Gasteiger partial charge in [0.15, 0.2) is 6.10 Å². The minimum Gasteiger partial charge on any atom is -0.462 e. The van der Waals surface area contributed by atoms with Crippen LogP contribution in [0.5, 0.6) is 0 Å². The zero-order chi connectivity index (χ0) is 46.3. The minimum atomic E-state index is -0.778. The maximum absolute atomic E-state index is 12.3. The summed E-state index contributed by atoms with van der Waals surface area (Å²) in [5.74, 6) is -0.600. The summed E-state index contributed by atoms with van der Waals surface area (Å²) in [7, 11) is 0. The van der Waals surface area contributed by atoms with Crippen molar-refractivity contribution in [3.05, 3.63) is 97.2 Å². The Morgan fingerprint density at radius 2 is 0.672 bits per heavy atom. The Morgan fingerprint density at radius 1 is 0.375 bits per heavy atom. The number of rotatable bonds is 48. The molecule has 0 bridgehead atoms. The van der Waals surface area contributed by atoms with Crippen molar-refractivity contribution in [1.82, 2.24) is 0 Å². The molecule has 0 saturated carbocycles. The fourth-order valence-electron chi connectivity index (χ4n) is 7.35. The number of unbranched alkanes of at least 4 members (excludes halogenated alkanes) is 24. The molecule has 64 heavy (non-hydrogen) atoms. The average molecular weight is 889 g/mol. The molecule has 366 valence electrons. The van der Waals surface area contributed by atoms with Gasteiger partial charge < -0.3 is 14.6 Å². The van der Waals surface area contributed by atoms with E-state index in [0.717, 1.165) is 89.9 Å². The van der Waals surface area contributed by atoms with Crippen molar-refractivity contribution in [3.8, 4) is 0 Å². The Balaban J connectivity index is 3.50. The maximum Gasteiger partial charge on any atom is 0.306 e. The molecule has 0 heterocycles. The van der Waals surface area contributed by atoms with Gasteiger partial charge in [-0.1, -0.05) is 233 Å². The molecule has 0 aromatic rings. The second kappa shape index (κ2) is 54.2. The quantitative estimate of drug-likeness (QED) is 0.0374. The first-order valence-electron chi connectivity index (χ1n) is 26.8. The van der Waals surface area contributed by atoms with Gasteiger partial charge in [0.25, 0.3) is 0 Å². The number of aliphatic hydroxyl groups excluding tert-OH is 1. The van der Waals surface area contributed by atoms with Gasteiger partial charge in [-0.15, -0.1) is 0 Å². The van der Waals surface area contributed by atoms with Gasteiger partial charge in [-0.2, -0.15) is 0 Å². The Bertz CT molecular complexity index is 1230. The number of ether oxygens (including phenoxy) is 2. The standard InChI is InChI=1S/C59H100O5/c1-3-5-7-9-11-13-15-17-18-19-20-21-22-23-24-25-26-27-28-29-30-31-32-33-34-35-36-37-38-39-40-42-44-46-48-50-52-54-59(62)64-57(55-60)56-63-58(61)53-51-49-47-45-43-41-16-14-12-10-8-6-4-2/h5,7,11,13-14,16-18,20-21,23-24,26-27,29-30,57,60H,3-4,6,8-10,12,15,19,22,25,28,31-56H2,1-2H3/b7-5-,13-11-,16-14-,18-17-,21-20-,24-23-,27-26-,30-29-. The van der Waals surface area contributed by atoms with E-state index in [1.165, 1.54) is 128 Å². The van der Waals surface area contributed by atoms with Crippen LogP contribution >= 0.6 is 0 Å². The molecule has 0 rings (SSSR count). The number of carbonyl (C=O) groups excluding carboxylic acids is 2. The third-order valence-electron chi connectivity index (χ3n) is 11.4. The van der Waals surface area contributed by atoms with E-state index in [9.17, 15) is 14.7 Å². The van der Waals surface area contributed by atoms with E-state index in [1.54, 1.807) is 0 Å². The van der Waals surface area contributed by atoms with Crippen molar-refractivity contribution >= 4 is 11.9 Å². The van der Waals surface area contributed by atoms with Gasteiger partial charge in [-0.3, -0.25) is 9.59 Å². The molecule has 0 aliphatic carbocycles. The van der Waals surface area contributed by atoms with Crippen molar-refractivity contribution in [3.63, 3.8) is 0 Å². The van der Waals surface area contributed by atoms with Gasteiger partial charge in [0.2, 0.25) is 0 Å². The first-order valence-corrected chi connectivity index (χ1v) is 26.8. The van der Waals surface area contributed by atoms with Gasteiger partial charge in [0.1, 0.15) is 6.61 Å². The molecule has 0 aromatic carbocycles. The van der Waals surface area contributed by atoms with Crippen LogP contribution in [0.25, 0.3) is 0 Å². The summed E-state index contributed by atoms with van der Waals surface area (Å²) in [6, 6.07) is 0. The number of carbonyl (C=O) groups is 2. The molecule has 1 atom stereocenters. The normalized spacial score (nSPS) is 13.0. The van der Waals surface area contributed by atoms with Crippen molar-refractivity contribution < 1.29 is 24.2 Å². The number of esters is 2. The predicted molar refractivity (Wildman–Crippen MR) is 279 cm³/mol. The van der Waals surface area contributed by atoms with E-state index in [1.807, 2.05) is 0 Å². The van der Waals surface area contributed by atoms with Crippen LogP contribution in [0.3, 0.4) is 0 Å². The van der Waals surface area contributed by atoms with E-state index in [0.29, 0.717) is 12.8 Å². The molecule has 0 amide bonds. The lowest BCUT2D eigenvalue weighted by atomic mass is 10.0. The van der Waals surface area contributed by atoms with Crippen LogP contribution in [0, 0.1) is 0 Å². The molecule has 0 saturated heterocycles. The smallest absolute Gasteiger partial charge is 0.306 e. The third-order valence-corrected chi connectivity index (χ3v) is 11.4. The Kier molecular flexibility index (Phi) is 51.5. The second-order valence-corrected chi connectivity index (χ2v) is 17.6. The lowest BCUT2D eigenvalue weighted by Gasteiger charge is -2.15. The third kappa shape index (κ3) is 51.5. The van der Waals surface area contributed by atoms with E-state index in [2.05, 4.69) is 111 Å². The molecule has 5 heteroatoms. The van der Waals surface area contributed by atoms with Crippen LogP contribution in [-0.4, -0.2) is 36.4 Å². The summed E-state index contributed by atoms with van der Waals surface area (Å²) in [5, 5.41) is 9.61. The average Bonchev–Trinajstić information content (AvgIpc) is 3.30. The molecule has 0 aliphatic rings. The lowest BCUT2D eigenvalue weighted by Crippen LogP contribution is -2.28. The largest absolute Gasteiger partial charge is 0.462 e. The van der Waals surface area contributed by atoms with Gasteiger partial charge in [0.05, 0.1) is 6.61 Å². The summed E-state index contributed by atoms with van der Waals surface area (Å²) in [6.45, 7) is 4.00. The number of aliphatic hydroxyl groups is 1. The highest BCUT2D eigenvalue weighted by molar-refractivity contribution is 5.70. The summed E-state index contributed by atoms with van der Waals surface area (Å²) in [4.78, 5) is 24.4. The summed E-state index contributed by atoms with van der Waals surface area (Å²) in [6.07, 6.45) is 76.6. The summed E-state index contributed by atoms with van der Waals surface area (Å²) >= 11 is 0. The Morgan fingerprint density at radius 3 is 1.03 bits per heavy atom. The van der Waals surface area contributed by atoms with Crippen LogP contribution in [-0.2, 0) is 19.1 Å². The van der Waals surface area contributed by atoms with E-state index < -0.39 is 6.10 Å². The molecule has 0 spiro atoms. The topological polar surface area (TPSA) is 72.8 Å². The molecule has 0 aliphatic heterocycles. The molecule has 0 radical (unpaired) electrons. The SMILES string of the molecule is CC/C=C\C/C=C\C/C=C\C/C=C\C/C=C\C/C=C\C/C=C\CCCCCCCCCCCCCCCCCC(=O)OC(CO)COC(=O)CCCCCCC/C=C\CCCCCC. The van der Waals surface area contributed by atoms with Gasteiger partial charge in [0, 0.05) is 12.8 Å². The van der Waals surface area contributed by atoms with Gasteiger partial charge >= 0.3 is 11.9 Å². The van der Waals surface area contributed by atoms with Crippen LogP contribution in [0.15, 0.2) is 97.2 Å². The zero-order valence-electron chi connectivity index (χ0n) is 41.8. The highest BCUT2D eigenvalue weighted by atomic mass is 16.6. The zero-order valence-corrected chi connectivity index (χ0v) is 41.8. The van der Waals surface area contributed by atoms with E-state index in [4.69, 9.17) is 9.47 Å². The van der Waals surface area contributed by atoms with Crippen molar-refractivity contribution in [2.24, 2.45) is 0 Å². The fraction of sp³-hybridized carbons (Fsp3) is 0.695. The Hall–Kier alpha value is -3.18. The van der Waals surface area contributed by atoms with E-state index >= 15 is 0 Å². The minimum absolute atomic E-state index is 0.0718. The van der Waals surface area contributed by atoms with Gasteiger partial charge in [-0.05, 0) is 96.3 Å². The highest BCUT2D eigenvalue weighted by Crippen LogP contribution is 2.15. The number of hydrogen-bond acceptors (Lipinski definition) is 5. The van der Waals surface area contributed by atoms with Crippen LogP contribution in [0.4, 0.5) is 0 Å². The molecule has 1 N–H and O–H groups in total. The molecular weight excluding hydrogens is 789 g/mol. The summed E-state index contributed by atoms with van der Waals surface area (Å²) < 4.78 is 10.7. The van der Waals surface area contributed by atoms with Gasteiger partial charge in [-0.25, -0.2) is 0 Å². The van der Waals surface area contributed by atoms with Crippen molar-refractivity contribution in [2.45, 2.75) is 251 Å². The van der Waals surface area contributed by atoms with Crippen molar-refractivity contribution in [2.75, 3.05) is 13.2 Å². The fourth-order valence-corrected chi connectivity index (χ4v) is 7.35. The highest BCUT2D eigenvalue weighted by Gasteiger charge is 2.16. The molecule has 1 unspecified atom stereocenters. The number of hydrogen-bond donors (Lipinski definition) is 1.